The number of fused-ring (bicyclic) bond motifs is 1. The number of amides is 2. The van der Waals surface area contributed by atoms with Crippen molar-refractivity contribution in [3.05, 3.63) is 46.9 Å². The molecule has 1 N–H and O–H groups in total. The van der Waals surface area contributed by atoms with Gasteiger partial charge in [-0.15, -0.1) is 0 Å². The van der Waals surface area contributed by atoms with E-state index in [2.05, 4.69) is 5.32 Å². The van der Waals surface area contributed by atoms with E-state index in [0.717, 1.165) is 60.0 Å². The molecule has 2 aliphatic rings. The molecule has 2 amide bonds. The quantitative estimate of drug-likeness (QED) is 0.773. The van der Waals surface area contributed by atoms with Crippen LogP contribution in [0.3, 0.4) is 0 Å². The van der Waals surface area contributed by atoms with Crippen molar-refractivity contribution in [3.63, 3.8) is 0 Å². The van der Waals surface area contributed by atoms with Crippen molar-refractivity contribution in [1.82, 2.24) is 19.8 Å². The van der Waals surface area contributed by atoms with Crippen LogP contribution in [-0.4, -0.2) is 65.4 Å². The average molecular weight is 438 g/mol. The van der Waals surface area contributed by atoms with E-state index in [4.69, 9.17) is 14.7 Å². The third kappa shape index (κ3) is 4.69. The van der Waals surface area contributed by atoms with E-state index < -0.39 is 0 Å². The molecule has 1 fully saturated rings. The molecule has 170 valence electrons. The van der Waals surface area contributed by atoms with Crippen molar-refractivity contribution < 1.29 is 14.3 Å². The zero-order chi connectivity index (χ0) is 22.7. The highest BCUT2D eigenvalue weighted by atomic mass is 16.5. The zero-order valence-corrected chi connectivity index (χ0v) is 19.1. The van der Waals surface area contributed by atoms with Crippen molar-refractivity contribution >= 4 is 17.6 Å². The van der Waals surface area contributed by atoms with Gasteiger partial charge in [0.15, 0.2) is 0 Å². The van der Waals surface area contributed by atoms with E-state index in [1.807, 2.05) is 41.1 Å². The van der Waals surface area contributed by atoms with E-state index in [0.29, 0.717) is 26.1 Å². The fraction of sp³-hybridized carbons (Fsp3) is 0.500. The molecule has 1 unspecified atom stereocenters. The number of ether oxygens (including phenoxy) is 1. The van der Waals surface area contributed by atoms with Crippen molar-refractivity contribution in [2.45, 2.75) is 45.1 Å². The van der Waals surface area contributed by atoms with E-state index in [1.54, 1.807) is 14.0 Å². The van der Waals surface area contributed by atoms with Gasteiger partial charge in [0.2, 0.25) is 11.8 Å². The second-order valence-electron chi connectivity index (χ2n) is 8.50. The molecule has 0 bridgehead atoms. The number of rotatable bonds is 5. The van der Waals surface area contributed by atoms with Crippen LogP contribution in [-0.2, 0) is 29.0 Å². The number of carbonyl (C=O) groups is 2. The molecule has 2 aliphatic heterocycles. The Bertz CT molecular complexity index is 992. The second kappa shape index (κ2) is 9.54. The number of aromatic nitrogens is 2. The van der Waals surface area contributed by atoms with Crippen LogP contribution in [0.25, 0.3) is 0 Å². The number of nitrogens with one attached hydrogen (secondary N) is 1. The van der Waals surface area contributed by atoms with Crippen LogP contribution in [0, 0.1) is 0 Å². The molecule has 1 atom stereocenters. The molecule has 2 aromatic rings. The number of nitrogens with zero attached hydrogens (tertiary/aromatic N) is 4. The number of hydrogen-bond acceptors (Lipinski definition) is 6. The van der Waals surface area contributed by atoms with Gasteiger partial charge in [0, 0.05) is 51.5 Å². The fourth-order valence-electron chi connectivity index (χ4n) is 4.57. The molecule has 1 aromatic heterocycles. The maximum Gasteiger partial charge on any atom is 0.227 e. The van der Waals surface area contributed by atoms with Crippen LogP contribution in [0.15, 0.2) is 24.3 Å². The standard InChI is InChI=1S/C24H31N5O3/c1-16(30)28-11-9-21-20(15-28)24(25-2)27-23(26-21)18-7-5-10-29(14-18)22(31)13-17-6-4-8-19(12-17)32-3/h4,6,8,12,18H,5,7,9-11,13-15H2,1-3H3,(H,25,26,27). The minimum absolute atomic E-state index is 0.0688. The molecule has 0 aliphatic carbocycles. The Morgan fingerprint density at radius 3 is 2.81 bits per heavy atom. The topological polar surface area (TPSA) is 87.7 Å². The van der Waals surface area contributed by atoms with Crippen molar-refractivity contribution in [2.75, 3.05) is 39.1 Å². The van der Waals surface area contributed by atoms with Crippen molar-refractivity contribution in [2.24, 2.45) is 0 Å². The average Bonchev–Trinajstić information content (AvgIpc) is 2.83. The predicted molar refractivity (Wildman–Crippen MR) is 122 cm³/mol. The van der Waals surface area contributed by atoms with Crippen LogP contribution in [0.4, 0.5) is 5.82 Å². The SMILES string of the molecule is CNc1nc(C2CCCN(C(=O)Cc3cccc(OC)c3)C2)nc2c1CN(C(C)=O)CC2. The summed E-state index contributed by atoms with van der Waals surface area (Å²) in [5.41, 5.74) is 2.96. The summed E-state index contributed by atoms with van der Waals surface area (Å²) in [6.45, 7) is 4.20. The zero-order valence-electron chi connectivity index (χ0n) is 19.1. The first-order chi connectivity index (χ1) is 15.5. The van der Waals surface area contributed by atoms with Gasteiger partial charge in [-0.25, -0.2) is 9.97 Å². The van der Waals surface area contributed by atoms with E-state index in [9.17, 15) is 9.59 Å². The van der Waals surface area contributed by atoms with E-state index >= 15 is 0 Å². The normalized spacial score (nSPS) is 18.2. The number of hydrogen-bond donors (Lipinski definition) is 1. The maximum atomic E-state index is 13.0. The lowest BCUT2D eigenvalue weighted by Crippen LogP contribution is -2.41. The van der Waals surface area contributed by atoms with Crippen LogP contribution in [0.1, 0.15) is 48.3 Å². The van der Waals surface area contributed by atoms with Gasteiger partial charge < -0.3 is 19.9 Å². The van der Waals surface area contributed by atoms with Gasteiger partial charge >= 0.3 is 0 Å². The third-order valence-electron chi connectivity index (χ3n) is 6.39. The molecule has 0 radical (unpaired) electrons. The van der Waals surface area contributed by atoms with Gasteiger partial charge in [-0.1, -0.05) is 12.1 Å². The lowest BCUT2D eigenvalue weighted by atomic mass is 9.95. The summed E-state index contributed by atoms with van der Waals surface area (Å²) in [7, 11) is 3.48. The molecule has 4 rings (SSSR count). The summed E-state index contributed by atoms with van der Waals surface area (Å²) < 4.78 is 5.27. The number of anilines is 1. The van der Waals surface area contributed by atoms with Gasteiger partial charge in [0.1, 0.15) is 17.4 Å². The van der Waals surface area contributed by atoms with E-state index in [-0.39, 0.29) is 17.7 Å². The number of benzene rings is 1. The molecular weight excluding hydrogens is 406 g/mol. The molecule has 0 saturated carbocycles. The summed E-state index contributed by atoms with van der Waals surface area (Å²) in [5.74, 6) is 2.64. The predicted octanol–water partition coefficient (Wildman–Crippen LogP) is 2.38. The van der Waals surface area contributed by atoms with Gasteiger partial charge in [0.25, 0.3) is 0 Å². The van der Waals surface area contributed by atoms with Gasteiger partial charge in [-0.2, -0.15) is 0 Å². The lowest BCUT2D eigenvalue weighted by Gasteiger charge is -2.33. The highest BCUT2D eigenvalue weighted by Crippen LogP contribution is 2.30. The van der Waals surface area contributed by atoms with Crippen molar-refractivity contribution in [1.29, 1.82) is 0 Å². The van der Waals surface area contributed by atoms with Crippen molar-refractivity contribution in [3.8, 4) is 5.75 Å². The summed E-state index contributed by atoms with van der Waals surface area (Å²) in [4.78, 5) is 38.3. The number of methoxy groups -OCH3 is 1. The van der Waals surface area contributed by atoms with Crippen LogP contribution in [0.2, 0.25) is 0 Å². The molecular formula is C24H31N5O3. The number of likely N-dealkylation sites (tertiary alicyclic amines) is 1. The summed E-state index contributed by atoms with van der Waals surface area (Å²) >= 11 is 0. The second-order valence-corrected chi connectivity index (χ2v) is 8.50. The summed E-state index contributed by atoms with van der Waals surface area (Å²) in [5, 5.41) is 3.19. The van der Waals surface area contributed by atoms with Crippen LogP contribution < -0.4 is 10.1 Å². The molecule has 8 heteroatoms. The maximum absolute atomic E-state index is 13.0. The summed E-state index contributed by atoms with van der Waals surface area (Å²) in [6, 6.07) is 7.66. The smallest absolute Gasteiger partial charge is 0.227 e. The Kier molecular flexibility index (Phi) is 6.58. The highest BCUT2D eigenvalue weighted by molar-refractivity contribution is 5.79. The Hall–Kier alpha value is -3.16. The Morgan fingerprint density at radius 1 is 1.22 bits per heavy atom. The third-order valence-corrected chi connectivity index (χ3v) is 6.39. The monoisotopic (exact) mass is 437 g/mol. The number of piperidine rings is 1. The molecule has 1 aromatic carbocycles. The molecule has 32 heavy (non-hydrogen) atoms. The van der Waals surface area contributed by atoms with Crippen LogP contribution >= 0.6 is 0 Å². The molecule has 3 heterocycles. The Labute approximate surface area is 189 Å². The van der Waals surface area contributed by atoms with E-state index in [1.165, 1.54) is 0 Å². The molecule has 0 spiro atoms. The molecule has 8 nitrogen and oxygen atoms in total. The number of carbonyl (C=O) groups excluding carboxylic acids is 2. The summed E-state index contributed by atoms with van der Waals surface area (Å²) in [6.07, 6.45) is 2.98. The first-order valence-corrected chi connectivity index (χ1v) is 11.2. The van der Waals surface area contributed by atoms with Gasteiger partial charge in [-0.05, 0) is 30.5 Å². The molecule has 1 saturated heterocycles. The fourth-order valence-corrected chi connectivity index (χ4v) is 4.57. The van der Waals surface area contributed by atoms with Gasteiger partial charge in [-0.3, -0.25) is 9.59 Å². The Morgan fingerprint density at radius 2 is 2.06 bits per heavy atom. The first kappa shape index (κ1) is 22.0. The highest BCUT2D eigenvalue weighted by Gasteiger charge is 2.29. The lowest BCUT2D eigenvalue weighted by molar-refractivity contribution is -0.131. The Balaban J connectivity index is 1.49. The van der Waals surface area contributed by atoms with Crippen LogP contribution in [0.5, 0.6) is 5.75 Å². The minimum atomic E-state index is 0.0688. The largest absolute Gasteiger partial charge is 0.497 e. The van der Waals surface area contributed by atoms with Gasteiger partial charge in [0.05, 0.1) is 25.8 Å². The first-order valence-electron chi connectivity index (χ1n) is 11.2. The minimum Gasteiger partial charge on any atom is -0.497 e.